The average Bonchev–Trinajstić information content (AvgIpc) is 3.27. The van der Waals surface area contributed by atoms with Crippen LogP contribution >= 0.6 is 0 Å². The molecule has 3 aromatic rings. The van der Waals surface area contributed by atoms with Crippen molar-refractivity contribution >= 4 is 17.0 Å². The molecule has 2 N–H and O–H groups in total. The van der Waals surface area contributed by atoms with E-state index in [9.17, 15) is 4.79 Å². The van der Waals surface area contributed by atoms with Crippen molar-refractivity contribution in [3.05, 3.63) is 46.9 Å². The Bertz CT molecular complexity index is 951. The second-order valence-corrected chi connectivity index (χ2v) is 6.67. The number of anilines is 1. The number of fused-ring (bicyclic) bond motifs is 2. The number of rotatable bonds is 4. The average molecular weight is 323 g/mol. The number of hydrogen-bond donors (Lipinski definition) is 2. The van der Waals surface area contributed by atoms with E-state index in [4.69, 9.17) is 4.74 Å². The quantitative estimate of drug-likeness (QED) is 0.763. The van der Waals surface area contributed by atoms with Crippen LogP contribution in [0, 0.1) is 5.92 Å². The number of nitrogens with one attached hydrogen (secondary N) is 2. The minimum Gasteiger partial charge on any atom is -0.373 e. The summed E-state index contributed by atoms with van der Waals surface area (Å²) >= 11 is 0. The predicted octanol–water partition coefficient (Wildman–Crippen LogP) is 1.70. The van der Waals surface area contributed by atoms with Crippen molar-refractivity contribution in [2.45, 2.75) is 18.4 Å². The zero-order valence-electron chi connectivity index (χ0n) is 13.0. The summed E-state index contributed by atoms with van der Waals surface area (Å²) in [5, 5.41) is 8.02. The third-order valence-corrected chi connectivity index (χ3v) is 4.96. The van der Waals surface area contributed by atoms with Crippen molar-refractivity contribution < 1.29 is 4.74 Å². The molecule has 122 valence electrons. The van der Waals surface area contributed by atoms with Crippen LogP contribution in [0.2, 0.25) is 0 Å². The number of aromatic nitrogens is 4. The first-order valence-corrected chi connectivity index (χ1v) is 8.14. The van der Waals surface area contributed by atoms with Crippen molar-refractivity contribution in [3.63, 3.8) is 0 Å². The third kappa shape index (κ3) is 2.05. The lowest BCUT2D eigenvalue weighted by Crippen LogP contribution is -2.43. The summed E-state index contributed by atoms with van der Waals surface area (Å²) in [5.74, 6) is 1.17. The summed E-state index contributed by atoms with van der Waals surface area (Å²) in [6.07, 6.45) is 3.73. The van der Waals surface area contributed by atoms with Gasteiger partial charge >= 0.3 is 0 Å². The molecule has 2 saturated heterocycles. The van der Waals surface area contributed by atoms with E-state index in [1.807, 2.05) is 30.3 Å². The van der Waals surface area contributed by atoms with E-state index < -0.39 is 0 Å². The molecule has 2 aromatic heterocycles. The number of hydrogen-bond acceptors (Lipinski definition) is 5. The van der Waals surface area contributed by atoms with Gasteiger partial charge in [-0.15, -0.1) is 0 Å². The molecule has 7 heteroatoms. The van der Waals surface area contributed by atoms with E-state index in [0.717, 1.165) is 25.1 Å². The van der Waals surface area contributed by atoms with Crippen LogP contribution in [-0.4, -0.2) is 38.5 Å². The van der Waals surface area contributed by atoms with Crippen molar-refractivity contribution in [2.24, 2.45) is 5.92 Å². The molecule has 0 unspecified atom stereocenters. The van der Waals surface area contributed by atoms with Gasteiger partial charge in [0, 0.05) is 6.54 Å². The van der Waals surface area contributed by atoms with Crippen LogP contribution in [0.25, 0.3) is 16.7 Å². The van der Waals surface area contributed by atoms with E-state index in [0.29, 0.717) is 29.4 Å². The van der Waals surface area contributed by atoms with E-state index in [1.54, 1.807) is 10.9 Å². The van der Waals surface area contributed by atoms with Gasteiger partial charge in [-0.05, 0) is 30.9 Å². The van der Waals surface area contributed by atoms with E-state index >= 15 is 0 Å². The van der Waals surface area contributed by atoms with Gasteiger partial charge in [0.1, 0.15) is 5.39 Å². The largest absolute Gasteiger partial charge is 0.373 e. The molecule has 2 aliphatic heterocycles. The molecule has 0 atom stereocenters. The van der Waals surface area contributed by atoms with Crippen LogP contribution in [-0.2, 0) is 4.74 Å². The first-order valence-electron chi connectivity index (χ1n) is 8.14. The van der Waals surface area contributed by atoms with Crippen LogP contribution in [0.15, 0.2) is 41.3 Å². The molecule has 1 saturated carbocycles. The molecule has 0 spiro atoms. The van der Waals surface area contributed by atoms with Crippen LogP contribution < -0.4 is 10.9 Å². The zero-order valence-corrected chi connectivity index (χ0v) is 13.0. The lowest BCUT2D eigenvalue weighted by molar-refractivity contribution is 0.0144. The maximum atomic E-state index is 12.3. The van der Waals surface area contributed by atoms with E-state index in [1.165, 1.54) is 0 Å². The molecule has 2 bridgehead atoms. The minimum absolute atomic E-state index is 0.0716. The Kier molecular flexibility index (Phi) is 2.81. The SMILES string of the molecule is O=c1[nH]c(NCC23CC(CO2)C3)nc2c1cnn2-c1ccccc1. The highest BCUT2D eigenvalue weighted by Crippen LogP contribution is 2.48. The van der Waals surface area contributed by atoms with Gasteiger partial charge in [0.25, 0.3) is 5.56 Å². The van der Waals surface area contributed by atoms with Crippen LogP contribution in [0.1, 0.15) is 12.8 Å². The summed E-state index contributed by atoms with van der Waals surface area (Å²) in [5.41, 5.74) is 1.15. The monoisotopic (exact) mass is 323 g/mol. The molecule has 0 radical (unpaired) electrons. The molecular weight excluding hydrogens is 306 g/mol. The zero-order chi connectivity index (χ0) is 16.1. The third-order valence-electron chi connectivity index (χ3n) is 4.96. The molecule has 1 aromatic carbocycles. The number of nitrogens with zero attached hydrogens (tertiary/aromatic N) is 3. The van der Waals surface area contributed by atoms with Crippen molar-refractivity contribution in [3.8, 4) is 5.69 Å². The van der Waals surface area contributed by atoms with Crippen LogP contribution in [0.3, 0.4) is 0 Å². The summed E-state index contributed by atoms with van der Waals surface area (Å²) in [6.45, 7) is 1.52. The van der Waals surface area contributed by atoms with Crippen molar-refractivity contribution in [1.82, 2.24) is 19.7 Å². The topological polar surface area (TPSA) is 84.8 Å². The fourth-order valence-corrected chi connectivity index (χ4v) is 3.72. The maximum absolute atomic E-state index is 12.3. The van der Waals surface area contributed by atoms with Gasteiger partial charge in [0.15, 0.2) is 5.65 Å². The van der Waals surface area contributed by atoms with Crippen molar-refractivity contribution in [2.75, 3.05) is 18.5 Å². The Morgan fingerprint density at radius 3 is 2.92 bits per heavy atom. The van der Waals surface area contributed by atoms with E-state index in [-0.39, 0.29) is 11.2 Å². The highest BCUT2D eigenvalue weighted by Gasteiger charge is 2.51. The van der Waals surface area contributed by atoms with Gasteiger partial charge in [-0.2, -0.15) is 10.1 Å². The van der Waals surface area contributed by atoms with Gasteiger partial charge < -0.3 is 10.1 Å². The lowest BCUT2D eigenvalue weighted by Gasteiger charge is -2.35. The van der Waals surface area contributed by atoms with Crippen LogP contribution in [0.5, 0.6) is 0 Å². The Hall–Kier alpha value is -2.67. The Labute approximate surface area is 137 Å². The van der Waals surface area contributed by atoms with Gasteiger partial charge in [-0.3, -0.25) is 9.78 Å². The predicted molar refractivity (Wildman–Crippen MR) is 89.4 cm³/mol. The van der Waals surface area contributed by atoms with Gasteiger partial charge in [-0.25, -0.2) is 4.68 Å². The summed E-state index contributed by atoms with van der Waals surface area (Å²) < 4.78 is 7.51. The summed E-state index contributed by atoms with van der Waals surface area (Å²) in [7, 11) is 0. The lowest BCUT2D eigenvalue weighted by atomic mass is 9.74. The van der Waals surface area contributed by atoms with Gasteiger partial charge in [-0.1, -0.05) is 18.2 Å². The molecule has 7 nitrogen and oxygen atoms in total. The molecule has 4 heterocycles. The highest BCUT2D eigenvalue weighted by molar-refractivity contribution is 5.76. The number of benzene rings is 1. The molecule has 6 rings (SSSR count). The minimum atomic E-state index is -0.194. The van der Waals surface area contributed by atoms with Gasteiger partial charge in [0.05, 0.1) is 24.1 Å². The smallest absolute Gasteiger partial charge is 0.263 e. The van der Waals surface area contributed by atoms with Crippen LogP contribution in [0.4, 0.5) is 5.95 Å². The number of aromatic amines is 1. The molecule has 1 aliphatic carbocycles. The Morgan fingerprint density at radius 1 is 1.33 bits per heavy atom. The first-order chi connectivity index (χ1) is 11.7. The highest BCUT2D eigenvalue weighted by atomic mass is 16.5. The standard InChI is InChI=1S/C17H17N5O2/c23-15-13-8-19-22(12-4-2-1-3-5-12)14(13)20-16(21-15)18-10-17-6-11(7-17)9-24-17/h1-5,8,11H,6-7,9-10H2,(H2,18,20,21,23). The molecule has 0 amide bonds. The summed E-state index contributed by atoms with van der Waals surface area (Å²) in [4.78, 5) is 19.7. The molecule has 3 fully saturated rings. The fraction of sp³-hybridized carbons (Fsp3) is 0.353. The second-order valence-electron chi connectivity index (χ2n) is 6.67. The second kappa shape index (κ2) is 4.91. The van der Waals surface area contributed by atoms with E-state index in [2.05, 4.69) is 20.4 Å². The fourth-order valence-electron chi connectivity index (χ4n) is 3.72. The maximum Gasteiger partial charge on any atom is 0.263 e. The number of H-pyrrole nitrogens is 1. The number of para-hydroxylation sites is 1. The normalized spacial score (nSPS) is 24.9. The molecule has 24 heavy (non-hydrogen) atoms. The molecule has 3 aliphatic rings. The number of ether oxygens (including phenoxy) is 1. The Morgan fingerprint density at radius 2 is 2.17 bits per heavy atom. The Balaban J connectivity index is 1.50. The van der Waals surface area contributed by atoms with Gasteiger partial charge in [0.2, 0.25) is 5.95 Å². The molecular formula is C17H17N5O2. The van der Waals surface area contributed by atoms with Crippen molar-refractivity contribution in [1.29, 1.82) is 0 Å². The summed E-state index contributed by atoms with van der Waals surface area (Å²) in [6, 6.07) is 9.66. The first kappa shape index (κ1) is 13.7.